The molecule has 1 saturated carbocycles. The average molecular weight is 199 g/mol. The third-order valence-electron chi connectivity index (χ3n) is 2.95. The molecule has 1 fully saturated rings. The number of carboxylic acid groups (broad SMARTS) is 1. The molecule has 1 aliphatic rings. The van der Waals surface area contributed by atoms with Crippen LogP contribution in [0.2, 0.25) is 0 Å². The third kappa shape index (κ3) is 2.71. The standard InChI is InChI=1S/C11H21NO2/c1-10(2,3)7-8-12-11(9(13)14)5-4-6-11/h12H,4-8H2,1-3H3,(H,13,14). The molecule has 0 saturated heterocycles. The molecule has 0 heterocycles. The highest BCUT2D eigenvalue weighted by Crippen LogP contribution is 2.32. The fourth-order valence-corrected chi connectivity index (χ4v) is 1.67. The number of rotatable bonds is 4. The molecule has 0 amide bonds. The van der Waals surface area contributed by atoms with Gasteiger partial charge < -0.3 is 10.4 Å². The van der Waals surface area contributed by atoms with Crippen molar-refractivity contribution in [3.63, 3.8) is 0 Å². The minimum absolute atomic E-state index is 0.274. The molecule has 1 aliphatic carbocycles. The molecule has 0 bridgehead atoms. The Morgan fingerprint density at radius 3 is 2.29 bits per heavy atom. The predicted molar refractivity (Wildman–Crippen MR) is 56.3 cm³/mol. The third-order valence-corrected chi connectivity index (χ3v) is 2.95. The molecule has 0 aromatic rings. The van der Waals surface area contributed by atoms with Gasteiger partial charge in [-0.1, -0.05) is 20.8 Å². The molecule has 3 heteroatoms. The molecule has 0 unspecified atom stereocenters. The van der Waals surface area contributed by atoms with Crippen LogP contribution in [0.4, 0.5) is 0 Å². The van der Waals surface area contributed by atoms with Gasteiger partial charge in [-0.05, 0) is 37.6 Å². The van der Waals surface area contributed by atoms with Gasteiger partial charge in [-0.2, -0.15) is 0 Å². The Morgan fingerprint density at radius 1 is 1.43 bits per heavy atom. The Kier molecular flexibility index (Phi) is 3.20. The Hall–Kier alpha value is -0.570. The zero-order valence-corrected chi connectivity index (χ0v) is 9.39. The summed E-state index contributed by atoms with van der Waals surface area (Å²) in [5.74, 6) is -0.683. The zero-order chi connectivity index (χ0) is 10.8. The van der Waals surface area contributed by atoms with Crippen molar-refractivity contribution >= 4 is 5.97 Å². The van der Waals surface area contributed by atoms with Crippen LogP contribution in [-0.4, -0.2) is 23.2 Å². The Bertz CT molecular complexity index is 214. The SMILES string of the molecule is CC(C)(C)CCNC1(C(=O)O)CCC1. The van der Waals surface area contributed by atoms with E-state index in [0.717, 1.165) is 32.2 Å². The van der Waals surface area contributed by atoms with Crippen molar-refractivity contribution in [3.05, 3.63) is 0 Å². The smallest absolute Gasteiger partial charge is 0.323 e. The highest BCUT2D eigenvalue weighted by Gasteiger charge is 2.43. The summed E-state index contributed by atoms with van der Waals surface area (Å²) in [7, 11) is 0. The first-order valence-corrected chi connectivity index (χ1v) is 5.34. The van der Waals surface area contributed by atoms with E-state index in [1.54, 1.807) is 0 Å². The van der Waals surface area contributed by atoms with Crippen LogP contribution in [0.3, 0.4) is 0 Å². The molecular formula is C11H21NO2. The lowest BCUT2D eigenvalue weighted by Gasteiger charge is -2.39. The summed E-state index contributed by atoms with van der Waals surface area (Å²) in [6.07, 6.45) is 3.62. The first kappa shape index (κ1) is 11.5. The summed E-state index contributed by atoms with van der Waals surface area (Å²) < 4.78 is 0. The van der Waals surface area contributed by atoms with Crippen LogP contribution < -0.4 is 5.32 Å². The van der Waals surface area contributed by atoms with Gasteiger partial charge in [0, 0.05) is 0 Å². The number of hydrogen-bond donors (Lipinski definition) is 2. The van der Waals surface area contributed by atoms with Gasteiger partial charge in [-0.25, -0.2) is 0 Å². The van der Waals surface area contributed by atoms with E-state index in [-0.39, 0.29) is 5.41 Å². The van der Waals surface area contributed by atoms with Crippen LogP contribution in [0.15, 0.2) is 0 Å². The van der Waals surface area contributed by atoms with Crippen molar-refractivity contribution in [1.82, 2.24) is 5.32 Å². The van der Waals surface area contributed by atoms with E-state index in [2.05, 4.69) is 26.1 Å². The molecule has 14 heavy (non-hydrogen) atoms. The summed E-state index contributed by atoms with van der Waals surface area (Å²) in [5, 5.41) is 12.2. The van der Waals surface area contributed by atoms with E-state index in [1.165, 1.54) is 0 Å². The first-order valence-electron chi connectivity index (χ1n) is 5.34. The maximum atomic E-state index is 11.0. The Balaban J connectivity index is 2.33. The summed E-state index contributed by atoms with van der Waals surface area (Å²) >= 11 is 0. The van der Waals surface area contributed by atoms with Crippen LogP contribution in [0.25, 0.3) is 0 Å². The van der Waals surface area contributed by atoms with Gasteiger partial charge in [0.15, 0.2) is 0 Å². The second kappa shape index (κ2) is 3.89. The maximum Gasteiger partial charge on any atom is 0.323 e. The van der Waals surface area contributed by atoms with E-state index in [4.69, 9.17) is 5.11 Å². The van der Waals surface area contributed by atoms with Gasteiger partial charge in [0.2, 0.25) is 0 Å². The van der Waals surface area contributed by atoms with Crippen LogP contribution in [0.5, 0.6) is 0 Å². The van der Waals surface area contributed by atoms with Crippen molar-refractivity contribution < 1.29 is 9.90 Å². The molecular weight excluding hydrogens is 178 g/mol. The summed E-state index contributed by atoms with van der Waals surface area (Å²) in [5.41, 5.74) is -0.318. The molecule has 1 rings (SSSR count). The molecule has 82 valence electrons. The monoisotopic (exact) mass is 199 g/mol. The number of carboxylic acids is 1. The second-order valence-electron chi connectivity index (χ2n) is 5.48. The summed E-state index contributed by atoms with van der Waals surface area (Å²) in [4.78, 5) is 11.0. The molecule has 2 N–H and O–H groups in total. The number of hydrogen-bond acceptors (Lipinski definition) is 2. The lowest BCUT2D eigenvalue weighted by atomic mass is 9.76. The topological polar surface area (TPSA) is 49.3 Å². The first-order chi connectivity index (χ1) is 6.36. The number of aliphatic carboxylic acids is 1. The van der Waals surface area contributed by atoms with Crippen molar-refractivity contribution in [2.45, 2.75) is 52.0 Å². The molecule has 3 nitrogen and oxygen atoms in total. The van der Waals surface area contributed by atoms with Crippen LogP contribution in [0.1, 0.15) is 46.5 Å². The number of nitrogens with one attached hydrogen (secondary N) is 1. The minimum Gasteiger partial charge on any atom is -0.480 e. The molecule has 0 aromatic heterocycles. The second-order valence-corrected chi connectivity index (χ2v) is 5.48. The van der Waals surface area contributed by atoms with Crippen LogP contribution >= 0.6 is 0 Å². The van der Waals surface area contributed by atoms with E-state index in [9.17, 15) is 4.79 Å². The van der Waals surface area contributed by atoms with Crippen LogP contribution in [0, 0.1) is 5.41 Å². The highest BCUT2D eigenvalue weighted by molar-refractivity contribution is 5.79. The predicted octanol–water partition coefficient (Wildman–Crippen LogP) is 2.02. The largest absolute Gasteiger partial charge is 0.480 e. The van der Waals surface area contributed by atoms with Gasteiger partial charge in [0.1, 0.15) is 5.54 Å². The zero-order valence-electron chi connectivity index (χ0n) is 9.39. The van der Waals surface area contributed by atoms with Crippen molar-refractivity contribution in [2.24, 2.45) is 5.41 Å². The van der Waals surface area contributed by atoms with Gasteiger partial charge in [-0.15, -0.1) is 0 Å². The van der Waals surface area contributed by atoms with Gasteiger partial charge in [0.05, 0.1) is 0 Å². The lowest BCUT2D eigenvalue weighted by molar-refractivity contribution is -0.148. The van der Waals surface area contributed by atoms with E-state index < -0.39 is 11.5 Å². The van der Waals surface area contributed by atoms with Gasteiger partial charge >= 0.3 is 5.97 Å². The molecule has 0 aliphatic heterocycles. The molecule has 0 spiro atoms. The molecule has 0 aromatic carbocycles. The quantitative estimate of drug-likeness (QED) is 0.728. The normalized spacial score (nSPS) is 20.2. The Labute approximate surface area is 85.9 Å². The van der Waals surface area contributed by atoms with Gasteiger partial charge in [-0.3, -0.25) is 4.79 Å². The Morgan fingerprint density at radius 2 is 2.00 bits per heavy atom. The lowest BCUT2D eigenvalue weighted by Crippen LogP contribution is -2.57. The summed E-state index contributed by atoms with van der Waals surface area (Å²) in [6.45, 7) is 7.31. The average Bonchev–Trinajstić information content (AvgIpc) is 1.91. The van der Waals surface area contributed by atoms with Gasteiger partial charge in [0.25, 0.3) is 0 Å². The fraction of sp³-hybridized carbons (Fsp3) is 0.909. The van der Waals surface area contributed by atoms with E-state index >= 15 is 0 Å². The van der Waals surface area contributed by atoms with E-state index in [0.29, 0.717) is 0 Å². The fourth-order valence-electron chi connectivity index (χ4n) is 1.67. The van der Waals surface area contributed by atoms with Crippen molar-refractivity contribution in [2.75, 3.05) is 6.54 Å². The van der Waals surface area contributed by atoms with E-state index in [1.807, 2.05) is 0 Å². The summed E-state index contributed by atoms with van der Waals surface area (Å²) in [6, 6.07) is 0. The van der Waals surface area contributed by atoms with Crippen molar-refractivity contribution in [1.29, 1.82) is 0 Å². The molecule has 0 atom stereocenters. The van der Waals surface area contributed by atoms with Crippen molar-refractivity contribution in [3.8, 4) is 0 Å². The maximum absolute atomic E-state index is 11.0. The van der Waals surface area contributed by atoms with Crippen LogP contribution in [-0.2, 0) is 4.79 Å². The molecule has 0 radical (unpaired) electrons. The highest BCUT2D eigenvalue weighted by atomic mass is 16.4. The minimum atomic E-state index is -0.683. The number of carbonyl (C=O) groups is 1.